The molecule has 5 nitrogen and oxygen atoms in total. The van der Waals surface area contributed by atoms with E-state index in [0.717, 1.165) is 5.59 Å². The van der Waals surface area contributed by atoms with E-state index in [4.69, 9.17) is 15.3 Å². The van der Waals surface area contributed by atoms with Crippen LogP contribution in [0.2, 0.25) is 0 Å². The van der Waals surface area contributed by atoms with Crippen LogP contribution in [0.1, 0.15) is 0 Å². The molecule has 2 N–H and O–H groups in total. The van der Waals surface area contributed by atoms with Crippen LogP contribution in [0.5, 0.6) is 0 Å². The van der Waals surface area contributed by atoms with Gasteiger partial charge >= 0.3 is 0 Å². The fraction of sp³-hybridized carbons (Fsp3) is 0. The maximum absolute atomic E-state index is 8.81. The molecule has 0 aliphatic carbocycles. The molecule has 6 heteroatoms. The number of nitro groups is 1. The standard InChI is InChI=1S/Ca.H2N2O3/c;3-1-2(4)5/h;1,3H. The van der Waals surface area contributed by atoms with Crippen LogP contribution in [0.4, 0.5) is 0 Å². The zero-order valence-corrected chi connectivity index (χ0v) is 5.13. The van der Waals surface area contributed by atoms with Gasteiger partial charge in [-0.05, 0) is 5.59 Å². The minimum absolute atomic E-state index is 0. The molecule has 0 spiro atoms. The van der Waals surface area contributed by atoms with Gasteiger partial charge in [0.15, 0.2) is 5.03 Å². The predicted octanol–water partition coefficient (Wildman–Crippen LogP) is -1.22. The summed E-state index contributed by atoms with van der Waals surface area (Å²) >= 11 is 0. The minimum atomic E-state index is -1.07. The van der Waals surface area contributed by atoms with E-state index in [1.165, 1.54) is 0 Å². The molecule has 0 saturated carbocycles. The topological polar surface area (TPSA) is 75.4 Å². The molecule has 0 aliphatic heterocycles. The third-order valence-electron chi connectivity index (χ3n) is 0.0816. The summed E-state index contributed by atoms with van der Waals surface area (Å²) in [5.74, 6) is 0. The van der Waals surface area contributed by atoms with Crippen molar-refractivity contribution < 1.29 is 10.2 Å². The second kappa shape index (κ2) is 5.42. The molecule has 0 amide bonds. The smallest absolute Gasteiger partial charge is 0.184 e. The van der Waals surface area contributed by atoms with Gasteiger partial charge in [-0.1, -0.05) is 0 Å². The molecule has 2 radical (unpaired) electrons. The summed E-state index contributed by atoms with van der Waals surface area (Å²) in [5.41, 5.74) is 0.750. The molecule has 0 unspecified atom stereocenters. The Kier molecular flexibility index (Phi) is 8.72. The molecule has 0 aromatic carbocycles. The molecular weight excluding hydrogens is 116 g/mol. The Hall–Kier alpha value is 0.420. The molecule has 0 bridgehead atoms. The van der Waals surface area contributed by atoms with Crippen molar-refractivity contribution in [3.63, 3.8) is 0 Å². The molecule has 0 heterocycles. The number of nitrogens with one attached hydrogen (secondary N) is 1. The normalized spacial score (nSPS) is 5.50. The average Bonchev–Trinajstić information content (AvgIpc) is 1.38. The Morgan fingerprint density at radius 2 is 2.00 bits per heavy atom. The number of hydrogen-bond acceptors (Lipinski definition) is 3. The van der Waals surface area contributed by atoms with E-state index in [-0.39, 0.29) is 37.7 Å². The van der Waals surface area contributed by atoms with Gasteiger partial charge in [0.05, 0.1) is 0 Å². The van der Waals surface area contributed by atoms with Gasteiger partial charge in [-0.3, -0.25) is 0 Å². The van der Waals surface area contributed by atoms with E-state index in [0.29, 0.717) is 0 Å². The van der Waals surface area contributed by atoms with Gasteiger partial charge in [-0.25, -0.2) is 15.3 Å². The fourth-order valence-corrected chi connectivity index (χ4v) is 0. The van der Waals surface area contributed by atoms with Gasteiger partial charge in [-0.15, -0.1) is 0 Å². The van der Waals surface area contributed by atoms with Gasteiger partial charge in [0.1, 0.15) is 0 Å². The summed E-state index contributed by atoms with van der Waals surface area (Å²) in [6.07, 6.45) is 0. The van der Waals surface area contributed by atoms with E-state index in [9.17, 15) is 0 Å². The second-order valence-corrected chi connectivity index (χ2v) is 0.357. The first kappa shape index (κ1) is 9.65. The third-order valence-corrected chi connectivity index (χ3v) is 0.0816. The fourth-order valence-electron chi connectivity index (χ4n) is 0. The van der Waals surface area contributed by atoms with Gasteiger partial charge in [0.25, 0.3) is 0 Å². The molecule has 0 atom stereocenters. The summed E-state index contributed by atoms with van der Waals surface area (Å²) in [7, 11) is 0. The summed E-state index contributed by atoms with van der Waals surface area (Å²) in [5, 5.41) is 14.9. The van der Waals surface area contributed by atoms with Crippen LogP contribution in [0.3, 0.4) is 0 Å². The maximum atomic E-state index is 8.81. The van der Waals surface area contributed by atoms with Crippen molar-refractivity contribution in [2.24, 2.45) is 0 Å². The zero-order chi connectivity index (χ0) is 4.28. The van der Waals surface area contributed by atoms with E-state index < -0.39 is 5.03 Å². The first-order valence-corrected chi connectivity index (χ1v) is 0.812. The Morgan fingerprint density at radius 1 is 1.83 bits per heavy atom. The Labute approximate surface area is 63.4 Å². The molecule has 6 heavy (non-hydrogen) atoms. The first-order valence-electron chi connectivity index (χ1n) is 0.812. The Balaban J connectivity index is 0. The monoisotopic (exact) mass is 118 g/mol. The zero-order valence-electron chi connectivity index (χ0n) is 2.92. The van der Waals surface area contributed by atoms with E-state index in [2.05, 4.69) is 0 Å². The van der Waals surface area contributed by atoms with Crippen LogP contribution in [0.15, 0.2) is 0 Å². The molecule has 0 fully saturated rings. The number of hydrogen-bond donors (Lipinski definition) is 2. The van der Waals surface area contributed by atoms with Crippen LogP contribution in [-0.4, -0.2) is 48.0 Å². The van der Waals surface area contributed by atoms with Gasteiger partial charge < -0.3 is 0 Å². The van der Waals surface area contributed by atoms with E-state index in [1.54, 1.807) is 0 Å². The molecule has 0 aromatic heterocycles. The van der Waals surface area contributed by atoms with Crippen LogP contribution < -0.4 is 5.59 Å². The van der Waals surface area contributed by atoms with Crippen molar-refractivity contribution >= 4 is 37.7 Å². The minimum Gasteiger partial charge on any atom is -0.239 e. The predicted molar refractivity (Wildman–Crippen MR) is 17.7 cm³/mol. The molecular formula is H2CaN2O3. The van der Waals surface area contributed by atoms with E-state index >= 15 is 0 Å². The second-order valence-electron chi connectivity index (χ2n) is 0.357. The molecule has 32 valence electrons. The average molecular weight is 118 g/mol. The van der Waals surface area contributed by atoms with Crippen molar-refractivity contribution in [2.45, 2.75) is 0 Å². The van der Waals surface area contributed by atoms with Crippen LogP contribution in [0.25, 0.3) is 0 Å². The van der Waals surface area contributed by atoms with Crippen molar-refractivity contribution in [1.29, 1.82) is 0 Å². The maximum Gasteiger partial charge on any atom is 0.184 e. The quantitative estimate of drug-likeness (QED) is 0.257. The van der Waals surface area contributed by atoms with Crippen molar-refractivity contribution in [2.75, 3.05) is 0 Å². The van der Waals surface area contributed by atoms with Crippen molar-refractivity contribution in [3.05, 3.63) is 10.1 Å². The summed E-state index contributed by atoms with van der Waals surface area (Å²) < 4.78 is 0. The largest absolute Gasteiger partial charge is 0.239 e. The van der Waals surface area contributed by atoms with Crippen molar-refractivity contribution in [1.82, 2.24) is 5.59 Å². The molecule has 0 aliphatic rings. The van der Waals surface area contributed by atoms with Gasteiger partial charge in [-0.2, -0.15) is 0 Å². The SMILES string of the molecule is O=[N+]([O-])NO.[Ca]. The molecule has 0 saturated heterocycles. The van der Waals surface area contributed by atoms with Gasteiger partial charge in [0.2, 0.25) is 0 Å². The number of nitrogens with zero attached hydrogens (tertiary/aromatic N) is 1. The van der Waals surface area contributed by atoms with Crippen LogP contribution in [-0.2, 0) is 0 Å². The first-order chi connectivity index (χ1) is 2.27. The summed E-state index contributed by atoms with van der Waals surface area (Å²) in [6.45, 7) is 0. The van der Waals surface area contributed by atoms with Gasteiger partial charge in [0, 0.05) is 37.7 Å². The summed E-state index contributed by atoms with van der Waals surface area (Å²) in [6, 6.07) is 0. The third kappa shape index (κ3) is 8.83. The Bertz CT molecular complexity index is 44.1. The summed E-state index contributed by atoms with van der Waals surface area (Å²) in [4.78, 5) is 8.81. The molecule has 0 aromatic rings. The van der Waals surface area contributed by atoms with E-state index in [1.807, 2.05) is 0 Å². The van der Waals surface area contributed by atoms with Crippen LogP contribution >= 0.6 is 0 Å². The number of hydrazine groups is 1. The van der Waals surface area contributed by atoms with Crippen LogP contribution in [0, 0.1) is 10.1 Å². The Morgan fingerprint density at radius 3 is 2.00 bits per heavy atom. The number of rotatable bonds is 1. The molecule has 0 rings (SSSR count). The van der Waals surface area contributed by atoms with Crippen molar-refractivity contribution in [3.8, 4) is 0 Å².